The molecule has 212 valence electrons. The molecule has 2 atom stereocenters. The zero-order valence-corrected chi connectivity index (χ0v) is 25.4. The Balaban J connectivity index is 1.44. The Morgan fingerprint density at radius 1 is 0.881 bits per heavy atom. The third-order valence-electron chi connectivity index (χ3n) is 7.71. The fourth-order valence-electron chi connectivity index (χ4n) is 5.72. The van der Waals surface area contributed by atoms with Crippen molar-refractivity contribution in [3.8, 4) is 22.9 Å². The van der Waals surface area contributed by atoms with Gasteiger partial charge in [0.1, 0.15) is 17.2 Å². The Hall–Kier alpha value is -4.33. The lowest BCUT2D eigenvalue weighted by atomic mass is 9.96. The van der Waals surface area contributed by atoms with Crippen LogP contribution in [0.15, 0.2) is 97.2 Å². The minimum Gasteiger partial charge on any atom is -0.495 e. The molecule has 42 heavy (non-hydrogen) atoms. The van der Waals surface area contributed by atoms with Gasteiger partial charge in [0.25, 0.3) is 0 Å². The van der Waals surface area contributed by atoms with Gasteiger partial charge in [0.15, 0.2) is 5.11 Å². The molecule has 1 fully saturated rings. The molecule has 1 saturated heterocycles. The first-order chi connectivity index (χ1) is 20.4. The highest BCUT2D eigenvalue weighted by molar-refractivity contribution is 7.80. The second-order valence-electron chi connectivity index (χ2n) is 10.3. The van der Waals surface area contributed by atoms with Crippen molar-refractivity contribution in [2.24, 2.45) is 0 Å². The molecule has 3 heterocycles. The monoisotopic (exact) mass is 594 g/mol. The molecule has 0 spiro atoms. The van der Waals surface area contributed by atoms with Crippen molar-refractivity contribution >= 4 is 34.6 Å². The molecule has 3 aromatic carbocycles. The fraction of sp³-hybridized carbons (Fsp3) is 0.176. The Morgan fingerprint density at radius 3 is 2.36 bits per heavy atom. The second-order valence-corrected chi connectivity index (χ2v) is 11.2. The topological polar surface area (TPSA) is 51.5 Å². The van der Waals surface area contributed by atoms with Crippen LogP contribution in [0.3, 0.4) is 0 Å². The van der Waals surface area contributed by atoms with E-state index in [1.54, 1.807) is 7.11 Å². The summed E-state index contributed by atoms with van der Waals surface area (Å²) in [6.45, 7) is 6.25. The summed E-state index contributed by atoms with van der Waals surface area (Å²) in [6, 6.07) is 29.6. The maximum Gasteiger partial charge on any atom is 0.174 e. The number of hydrogen-bond acceptors (Lipinski definition) is 4. The number of nitrogens with zero attached hydrogens (tertiary/aromatic N) is 3. The number of thiocarbonyl (C=S) groups is 1. The average Bonchev–Trinajstić information content (AvgIpc) is 3.49. The van der Waals surface area contributed by atoms with Gasteiger partial charge in [-0.2, -0.15) is 0 Å². The molecular weight excluding hydrogens is 564 g/mol. The summed E-state index contributed by atoms with van der Waals surface area (Å²) in [5.74, 6) is 2.34. The molecule has 0 saturated carbocycles. The summed E-state index contributed by atoms with van der Waals surface area (Å²) >= 11 is 12.4. The van der Waals surface area contributed by atoms with E-state index in [9.17, 15) is 0 Å². The van der Waals surface area contributed by atoms with Gasteiger partial charge in [-0.25, -0.2) is 0 Å². The highest BCUT2D eigenvalue weighted by atomic mass is 35.5. The van der Waals surface area contributed by atoms with Crippen molar-refractivity contribution in [3.63, 3.8) is 0 Å². The number of hydrogen-bond donors (Lipinski definition) is 1. The van der Waals surface area contributed by atoms with Gasteiger partial charge < -0.3 is 24.3 Å². The quantitative estimate of drug-likeness (QED) is 0.191. The van der Waals surface area contributed by atoms with E-state index in [2.05, 4.69) is 46.8 Å². The van der Waals surface area contributed by atoms with Gasteiger partial charge in [-0.1, -0.05) is 35.9 Å². The number of ether oxygens (including phenoxy) is 2. The summed E-state index contributed by atoms with van der Waals surface area (Å²) in [5.41, 5.74) is 7.08. The Kier molecular flexibility index (Phi) is 7.62. The zero-order valence-electron chi connectivity index (χ0n) is 23.8. The minimum absolute atomic E-state index is 0.166. The van der Waals surface area contributed by atoms with Gasteiger partial charge in [0.05, 0.1) is 30.6 Å². The summed E-state index contributed by atoms with van der Waals surface area (Å²) < 4.78 is 14.1. The lowest BCUT2D eigenvalue weighted by molar-refractivity contribution is 0.412. The van der Waals surface area contributed by atoms with E-state index in [1.165, 1.54) is 0 Å². The van der Waals surface area contributed by atoms with Crippen molar-refractivity contribution < 1.29 is 9.47 Å². The molecule has 2 aromatic heterocycles. The van der Waals surface area contributed by atoms with Crippen LogP contribution in [-0.2, 0) is 0 Å². The maximum atomic E-state index is 6.44. The first kappa shape index (κ1) is 27.8. The van der Waals surface area contributed by atoms with Gasteiger partial charge in [-0.05, 0) is 111 Å². The predicted octanol–water partition coefficient (Wildman–Crippen LogP) is 8.43. The molecule has 0 radical (unpaired) electrons. The molecule has 1 N–H and O–H groups in total. The molecular formula is C34H31ClN4O2S. The molecule has 2 unspecified atom stereocenters. The third kappa shape index (κ3) is 5.10. The zero-order chi connectivity index (χ0) is 29.4. The first-order valence-corrected chi connectivity index (χ1v) is 14.5. The number of rotatable bonds is 7. The molecule has 0 bridgehead atoms. The molecule has 1 aliphatic rings. The van der Waals surface area contributed by atoms with Crippen LogP contribution in [0.2, 0.25) is 5.02 Å². The number of halogens is 1. The summed E-state index contributed by atoms with van der Waals surface area (Å²) in [6.07, 6.45) is 1.82. The van der Waals surface area contributed by atoms with Crippen LogP contribution < -0.4 is 19.7 Å². The second kappa shape index (κ2) is 11.5. The van der Waals surface area contributed by atoms with Gasteiger partial charge in [0.2, 0.25) is 0 Å². The van der Waals surface area contributed by atoms with Crippen LogP contribution in [0.5, 0.6) is 17.2 Å². The number of para-hydroxylation sites is 1. The molecule has 0 aliphatic carbocycles. The molecule has 6 nitrogen and oxygen atoms in total. The Labute approximate surface area is 256 Å². The van der Waals surface area contributed by atoms with E-state index in [0.717, 1.165) is 56.8 Å². The molecule has 1 aliphatic heterocycles. The van der Waals surface area contributed by atoms with Crippen LogP contribution in [0.25, 0.3) is 5.69 Å². The van der Waals surface area contributed by atoms with Crippen molar-refractivity contribution in [3.05, 3.63) is 130 Å². The van der Waals surface area contributed by atoms with Crippen molar-refractivity contribution in [2.45, 2.75) is 32.9 Å². The van der Waals surface area contributed by atoms with Crippen molar-refractivity contribution in [1.82, 2.24) is 14.9 Å². The number of benzene rings is 3. The lowest BCUT2D eigenvalue weighted by Crippen LogP contribution is -2.29. The van der Waals surface area contributed by atoms with E-state index in [-0.39, 0.29) is 12.1 Å². The smallest absolute Gasteiger partial charge is 0.174 e. The molecule has 0 amide bonds. The van der Waals surface area contributed by atoms with Crippen LogP contribution in [0, 0.1) is 20.8 Å². The van der Waals surface area contributed by atoms with Gasteiger partial charge >= 0.3 is 0 Å². The normalized spacial score (nSPS) is 16.4. The van der Waals surface area contributed by atoms with Crippen LogP contribution >= 0.6 is 23.8 Å². The van der Waals surface area contributed by atoms with Crippen LogP contribution in [-0.4, -0.2) is 21.8 Å². The highest BCUT2D eigenvalue weighted by Crippen LogP contribution is 2.44. The lowest BCUT2D eigenvalue weighted by Gasteiger charge is -2.28. The standard InChI is InChI=1S/C34H31ClN4O2S/c1-21-9-5-6-11-30(21)41-26-15-13-25(14-16-26)39-33(32(37-34(39)42)28-10-7-8-18-36-28)27-19-22(2)38(23(27)3)29-20-24(35)12-17-31(29)40-4/h5-20,32-33H,1-4H3,(H,37,42). The maximum absolute atomic E-state index is 6.44. The summed E-state index contributed by atoms with van der Waals surface area (Å²) in [5, 5.41) is 4.84. The van der Waals surface area contributed by atoms with Gasteiger partial charge in [-0.3, -0.25) is 4.98 Å². The number of aryl methyl sites for hydroxylation is 2. The molecule has 5 aromatic rings. The Morgan fingerprint density at radius 2 is 1.64 bits per heavy atom. The Bertz CT molecular complexity index is 1750. The number of nitrogens with one attached hydrogen (secondary N) is 1. The van der Waals surface area contributed by atoms with E-state index < -0.39 is 0 Å². The third-order valence-corrected chi connectivity index (χ3v) is 8.25. The first-order valence-electron chi connectivity index (χ1n) is 13.7. The van der Waals surface area contributed by atoms with E-state index in [0.29, 0.717) is 10.1 Å². The van der Waals surface area contributed by atoms with Crippen LogP contribution in [0.1, 0.15) is 40.3 Å². The predicted molar refractivity (Wildman–Crippen MR) is 172 cm³/mol. The van der Waals surface area contributed by atoms with Gasteiger partial charge in [-0.15, -0.1) is 0 Å². The minimum atomic E-state index is -0.170. The van der Waals surface area contributed by atoms with Crippen molar-refractivity contribution in [1.29, 1.82) is 0 Å². The number of pyridine rings is 1. The number of anilines is 1. The average molecular weight is 595 g/mol. The largest absolute Gasteiger partial charge is 0.495 e. The molecule has 6 rings (SSSR count). The van der Waals surface area contributed by atoms with Crippen molar-refractivity contribution in [2.75, 3.05) is 12.0 Å². The SMILES string of the molecule is COc1ccc(Cl)cc1-n1c(C)cc(C2C(c3ccccn3)NC(=S)N2c2ccc(Oc3ccccc3C)cc2)c1C. The number of aromatic nitrogens is 2. The fourth-order valence-corrected chi connectivity index (χ4v) is 6.23. The molecule has 8 heteroatoms. The van der Waals surface area contributed by atoms with Gasteiger partial charge in [0, 0.05) is 28.3 Å². The summed E-state index contributed by atoms with van der Waals surface area (Å²) in [4.78, 5) is 6.89. The van der Waals surface area contributed by atoms with E-state index in [4.69, 9.17) is 38.3 Å². The van der Waals surface area contributed by atoms with E-state index >= 15 is 0 Å². The highest BCUT2D eigenvalue weighted by Gasteiger charge is 2.42. The van der Waals surface area contributed by atoms with Crippen LogP contribution in [0.4, 0.5) is 5.69 Å². The van der Waals surface area contributed by atoms with E-state index in [1.807, 2.05) is 85.9 Å². The summed E-state index contributed by atoms with van der Waals surface area (Å²) in [7, 11) is 1.67. The number of methoxy groups -OCH3 is 1.